The van der Waals surface area contributed by atoms with Crippen molar-refractivity contribution in [3.8, 4) is 5.75 Å². The van der Waals surface area contributed by atoms with Gasteiger partial charge in [0.05, 0.1) is 10.9 Å². The SMILES string of the molecule is CN(C)C1CN(c2c(F)cc3c(=O)c(C(=O)O)cn(C4CC4)c3c2OC(F)F)CC12CC2. The topological polar surface area (TPSA) is 75.0 Å². The highest BCUT2D eigenvalue weighted by molar-refractivity contribution is 5.97. The fourth-order valence-corrected chi connectivity index (χ4v) is 5.22. The molecule has 1 aromatic heterocycles. The molecule has 0 amide bonds. The minimum Gasteiger partial charge on any atom is -0.477 e. The van der Waals surface area contributed by atoms with Gasteiger partial charge < -0.3 is 24.2 Å². The summed E-state index contributed by atoms with van der Waals surface area (Å²) < 4.78 is 48.9. The number of aromatic nitrogens is 1. The molecule has 10 heteroatoms. The largest absolute Gasteiger partial charge is 0.477 e. The van der Waals surface area contributed by atoms with Gasteiger partial charge in [-0.15, -0.1) is 0 Å². The average Bonchev–Trinajstić information content (AvgIpc) is 3.60. The maximum atomic E-state index is 15.5. The molecular formula is C22H24F3N3O4. The van der Waals surface area contributed by atoms with Crippen LogP contribution < -0.4 is 15.1 Å². The van der Waals surface area contributed by atoms with Crippen molar-refractivity contribution in [2.24, 2.45) is 5.41 Å². The Hall–Kier alpha value is -2.75. The van der Waals surface area contributed by atoms with Gasteiger partial charge in [-0.25, -0.2) is 9.18 Å². The van der Waals surface area contributed by atoms with Crippen molar-refractivity contribution in [2.75, 3.05) is 32.1 Å². The molecule has 7 nitrogen and oxygen atoms in total. The van der Waals surface area contributed by atoms with Gasteiger partial charge in [-0.3, -0.25) is 4.79 Å². The van der Waals surface area contributed by atoms with Crippen LogP contribution in [0.3, 0.4) is 0 Å². The van der Waals surface area contributed by atoms with Crippen molar-refractivity contribution < 1.29 is 27.8 Å². The number of alkyl halides is 2. The van der Waals surface area contributed by atoms with Crippen molar-refractivity contribution in [3.05, 3.63) is 33.9 Å². The van der Waals surface area contributed by atoms with Gasteiger partial charge >= 0.3 is 12.6 Å². The number of likely N-dealkylation sites (N-methyl/N-ethyl adjacent to an activating group) is 1. The van der Waals surface area contributed by atoms with Crippen molar-refractivity contribution in [1.82, 2.24) is 9.47 Å². The van der Waals surface area contributed by atoms with Crippen LogP contribution in [-0.4, -0.2) is 60.4 Å². The molecular weight excluding hydrogens is 427 g/mol. The Labute approximate surface area is 182 Å². The molecule has 1 aromatic carbocycles. The van der Waals surface area contributed by atoms with Crippen LogP contribution >= 0.6 is 0 Å². The first-order chi connectivity index (χ1) is 15.1. The molecule has 2 saturated carbocycles. The maximum Gasteiger partial charge on any atom is 0.387 e. The fraction of sp³-hybridized carbons (Fsp3) is 0.545. The van der Waals surface area contributed by atoms with E-state index in [1.807, 2.05) is 14.1 Å². The zero-order valence-electron chi connectivity index (χ0n) is 17.8. The number of rotatable bonds is 6. The summed E-state index contributed by atoms with van der Waals surface area (Å²) in [5.74, 6) is -2.72. The molecule has 1 atom stereocenters. The van der Waals surface area contributed by atoms with E-state index in [0.717, 1.165) is 18.9 Å². The number of fused-ring (bicyclic) bond motifs is 1. The van der Waals surface area contributed by atoms with E-state index in [4.69, 9.17) is 4.74 Å². The minimum absolute atomic E-state index is 0.0175. The zero-order valence-corrected chi connectivity index (χ0v) is 17.8. The number of carboxylic acids is 1. The smallest absolute Gasteiger partial charge is 0.387 e. The molecule has 0 radical (unpaired) electrons. The number of benzene rings is 1. The highest BCUT2D eigenvalue weighted by atomic mass is 19.3. The van der Waals surface area contributed by atoms with Crippen LogP contribution in [0.25, 0.3) is 10.9 Å². The summed E-state index contributed by atoms with van der Waals surface area (Å²) in [6, 6.07) is 0.952. The van der Waals surface area contributed by atoms with Gasteiger partial charge in [-0.05, 0) is 45.8 Å². The molecule has 3 fully saturated rings. The molecule has 2 aromatic rings. The summed E-state index contributed by atoms with van der Waals surface area (Å²) in [5, 5.41) is 9.17. The number of hydrogen-bond acceptors (Lipinski definition) is 5. The maximum absolute atomic E-state index is 15.5. The molecule has 1 N–H and O–H groups in total. The van der Waals surface area contributed by atoms with Crippen LogP contribution in [0.4, 0.5) is 18.9 Å². The van der Waals surface area contributed by atoms with Crippen molar-refractivity contribution in [3.63, 3.8) is 0 Å². The second-order valence-electron chi connectivity index (χ2n) is 9.35. The van der Waals surface area contributed by atoms with E-state index < -0.39 is 35.1 Å². The summed E-state index contributed by atoms with van der Waals surface area (Å²) in [4.78, 5) is 28.2. The highest BCUT2D eigenvalue weighted by Gasteiger charge is 2.56. The van der Waals surface area contributed by atoms with Crippen LogP contribution in [-0.2, 0) is 0 Å². The number of carbonyl (C=O) groups is 1. The van der Waals surface area contributed by atoms with E-state index in [1.165, 1.54) is 10.8 Å². The predicted octanol–water partition coefficient (Wildman–Crippen LogP) is 3.31. The lowest BCUT2D eigenvalue weighted by molar-refractivity contribution is -0.0488. The molecule has 1 unspecified atom stereocenters. The number of carboxylic acid groups (broad SMARTS) is 1. The minimum atomic E-state index is -3.23. The number of nitrogens with zero attached hydrogens (tertiary/aromatic N) is 3. The number of aromatic carboxylic acids is 1. The summed E-state index contributed by atoms with van der Waals surface area (Å²) in [5.41, 5.74) is -1.52. The lowest BCUT2D eigenvalue weighted by Crippen LogP contribution is -2.36. The lowest BCUT2D eigenvalue weighted by Gasteiger charge is -2.26. The standard InChI is InChI=1S/C22H24F3N3O4/c1-26(2)15-9-27(10-22(15)5-6-22)17-14(23)7-12-16(19(17)32-21(24)25)28(11-3-4-11)8-13(18(12)29)20(30)31/h7-8,11,15,21H,3-6,9-10H2,1-2H3,(H,30,31). The van der Waals surface area contributed by atoms with E-state index in [1.54, 1.807) is 4.90 Å². The third-order valence-corrected chi connectivity index (χ3v) is 7.01. The number of anilines is 1. The first-order valence-corrected chi connectivity index (χ1v) is 10.6. The van der Waals surface area contributed by atoms with E-state index in [-0.39, 0.29) is 34.1 Å². The molecule has 32 heavy (non-hydrogen) atoms. The molecule has 1 spiro atoms. The van der Waals surface area contributed by atoms with E-state index in [9.17, 15) is 23.5 Å². The van der Waals surface area contributed by atoms with E-state index in [2.05, 4.69) is 4.90 Å². The molecule has 172 valence electrons. The number of halogens is 3. The second kappa shape index (κ2) is 7.13. The summed E-state index contributed by atoms with van der Waals surface area (Å²) in [6.45, 7) is -2.29. The Bertz CT molecular complexity index is 1170. The molecule has 5 rings (SSSR count). The predicted molar refractivity (Wildman–Crippen MR) is 111 cm³/mol. The van der Waals surface area contributed by atoms with Gasteiger partial charge in [0, 0.05) is 36.8 Å². The molecule has 0 bridgehead atoms. The summed E-state index contributed by atoms with van der Waals surface area (Å²) in [7, 11) is 3.89. The Morgan fingerprint density at radius 1 is 1.31 bits per heavy atom. The van der Waals surface area contributed by atoms with E-state index >= 15 is 4.39 Å². The molecule has 2 aliphatic carbocycles. The Kier molecular flexibility index (Phi) is 4.70. The average molecular weight is 451 g/mol. The van der Waals surface area contributed by atoms with Gasteiger partial charge in [0.1, 0.15) is 11.3 Å². The van der Waals surface area contributed by atoms with Gasteiger partial charge in [0.2, 0.25) is 5.43 Å². The van der Waals surface area contributed by atoms with Crippen LogP contribution in [0.15, 0.2) is 17.1 Å². The molecule has 2 heterocycles. The number of pyridine rings is 1. The lowest BCUT2D eigenvalue weighted by atomic mass is 10.0. The normalized spacial score (nSPS) is 21.8. The molecule has 3 aliphatic rings. The summed E-state index contributed by atoms with van der Waals surface area (Å²) in [6.07, 6.45) is 4.52. The zero-order chi connectivity index (χ0) is 22.9. The quantitative estimate of drug-likeness (QED) is 0.727. The van der Waals surface area contributed by atoms with E-state index in [0.29, 0.717) is 25.9 Å². The number of hydrogen-bond donors (Lipinski definition) is 1. The van der Waals surface area contributed by atoms with Gasteiger partial charge in [0.15, 0.2) is 11.6 Å². The monoisotopic (exact) mass is 451 g/mol. The second-order valence-corrected chi connectivity index (χ2v) is 9.35. The Balaban J connectivity index is 1.76. The van der Waals surface area contributed by atoms with Gasteiger partial charge in [0.25, 0.3) is 0 Å². The molecule has 1 saturated heterocycles. The van der Waals surface area contributed by atoms with Crippen molar-refractivity contribution in [2.45, 2.75) is 44.4 Å². The highest BCUT2D eigenvalue weighted by Crippen LogP contribution is 2.56. The van der Waals surface area contributed by atoms with Crippen LogP contribution in [0.5, 0.6) is 5.75 Å². The van der Waals surface area contributed by atoms with Crippen LogP contribution in [0.1, 0.15) is 42.1 Å². The third-order valence-electron chi connectivity index (χ3n) is 7.01. The third kappa shape index (κ3) is 3.23. The van der Waals surface area contributed by atoms with Crippen molar-refractivity contribution >= 4 is 22.6 Å². The van der Waals surface area contributed by atoms with Crippen LogP contribution in [0.2, 0.25) is 0 Å². The fourth-order valence-electron chi connectivity index (χ4n) is 5.22. The summed E-state index contributed by atoms with van der Waals surface area (Å²) >= 11 is 0. The number of ether oxygens (including phenoxy) is 1. The van der Waals surface area contributed by atoms with Gasteiger partial charge in [-0.1, -0.05) is 0 Å². The molecule has 1 aliphatic heterocycles. The van der Waals surface area contributed by atoms with Crippen molar-refractivity contribution in [1.29, 1.82) is 0 Å². The Morgan fingerprint density at radius 2 is 2.00 bits per heavy atom. The Morgan fingerprint density at radius 3 is 2.50 bits per heavy atom. The van der Waals surface area contributed by atoms with Crippen LogP contribution in [0, 0.1) is 11.2 Å². The van der Waals surface area contributed by atoms with Gasteiger partial charge in [-0.2, -0.15) is 8.78 Å². The first-order valence-electron chi connectivity index (χ1n) is 10.6. The first kappa shape index (κ1) is 21.1.